The molecular weight excluding hydrogens is 737 g/mol. The van der Waals surface area contributed by atoms with Crippen LogP contribution in [0.4, 0.5) is 17.1 Å². The van der Waals surface area contributed by atoms with E-state index in [-0.39, 0.29) is 5.41 Å². The molecule has 3 aromatic heterocycles. The molecule has 9 aromatic rings. The summed E-state index contributed by atoms with van der Waals surface area (Å²) in [5.41, 5.74) is 12.9. The first-order valence-electron chi connectivity index (χ1n) is 20.3. The Morgan fingerprint density at radius 1 is 0.400 bits per heavy atom. The Hall–Kier alpha value is -7.77. The second-order valence-corrected chi connectivity index (χ2v) is 16.0. The standard InChI is InChI=1S/C53H36N6O/c1-52(2)36-22-9-11-28-42(36)59(43-29-12-10-23-37(43)52)44-30-14-25-41-48(44)60-47-35(51-57-49(33-17-5-3-6-18-33)56-50(58-51)34-19-7-4-8-20-34)21-13-24-40(47)53(41)38-26-15-31-54-45(38)46-39(53)27-16-32-55-46/h3-32H,1-2H3. The lowest BCUT2D eigenvalue weighted by molar-refractivity contribution is 0.438. The maximum atomic E-state index is 7.55. The van der Waals surface area contributed by atoms with Gasteiger partial charge in [-0.05, 0) is 58.7 Å². The Bertz CT molecular complexity index is 3030. The van der Waals surface area contributed by atoms with E-state index in [1.165, 1.54) is 11.1 Å². The average Bonchev–Trinajstić information content (AvgIpc) is 3.60. The quantitative estimate of drug-likeness (QED) is 0.176. The average molecular weight is 773 g/mol. The number of fused-ring (bicyclic) bond motifs is 11. The zero-order valence-corrected chi connectivity index (χ0v) is 32.9. The van der Waals surface area contributed by atoms with Gasteiger partial charge in [0.25, 0.3) is 0 Å². The zero-order chi connectivity index (χ0) is 40.0. The summed E-state index contributed by atoms with van der Waals surface area (Å²) in [6.45, 7) is 4.62. The summed E-state index contributed by atoms with van der Waals surface area (Å²) in [5.74, 6) is 3.10. The molecule has 0 bridgehead atoms. The lowest BCUT2D eigenvalue weighted by Gasteiger charge is -2.44. The van der Waals surface area contributed by atoms with E-state index in [9.17, 15) is 0 Å². The second-order valence-electron chi connectivity index (χ2n) is 16.0. The fraction of sp³-hybridized carbons (Fsp3) is 0.0755. The van der Waals surface area contributed by atoms with Crippen molar-refractivity contribution in [1.82, 2.24) is 24.9 Å². The first kappa shape index (κ1) is 34.3. The van der Waals surface area contributed by atoms with Crippen LogP contribution in [-0.2, 0) is 10.8 Å². The highest BCUT2D eigenvalue weighted by Crippen LogP contribution is 2.65. The van der Waals surface area contributed by atoms with Crippen LogP contribution < -0.4 is 9.64 Å². The number of hydrogen-bond acceptors (Lipinski definition) is 7. The van der Waals surface area contributed by atoms with E-state index in [0.29, 0.717) is 23.2 Å². The van der Waals surface area contributed by atoms with Gasteiger partial charge < -0.3 is 9.64 Å². The van der Waals surface area contributed by atoms with E-state index >= 15 is 0 Å². The highest BCUT2D eigenvalue weighted by Gasteiger charge is 2.54. The van der Waals surface area contributed by atoms with E-state index in [1.54, 1.807) is 0 Å². The molecule has 0 saturated heterocycles. The molecule has 7 heteroatoms. The Balaban J connectivity index is 1.18. The number of benzene rings is 6. The molecule has 0 saturated carbocycles. The number of pyridine rings is 2. The van der Waals surface area contributed by atoms with Crippen molar-refractivity contribution in [3.63, 3.8) is 0 Å². The fourth-order valence-corrected chi connectivity index (χ4v) is 9.85. The summed E-state index contributed by atoms with van der Waals surface area (Å²) < 4.78 is 7.55. The molecule has 284 valence electrons. The number of hydrogen-bond donors (Lipinski definition) is 0. The molecule has 1 aliphatic carbocycles. The molecule has 3 aliphatic rings. The van der Waals surface area contributed by atoms with Crippen LogP contribution in [-0.4, -0.2) is 24.9 Å². The number of nitrogens with zero attached hydrogens (tertiary/aromatic N) is 6. The van der Waals surface area contributed by atoms with Crippen molar-refractivity contribution in [2.24, 2.45) is 0 Å². The molecule has 12 rings (SSSR count). The van der Waals surface area contributed by atoms with Crippen molar-refractivity contribution in [3.05, 3.63) is 216 Å². The predicted molar refractivity (Wildman–Crippen MR) is 236 cm³/mol. The number of aromatic nitrogens is 5. The molecule has 2 aliphatic heterocycles. The molecule has 0 radical (unpaired) electrons. The maximum absolute atomic E-state index is 7.55. The lowest BCUT2D eigenvalue weighted by Crippen LogP contribution is -2.34. The summed E-state index contributed by atoms with van der Waals surface area (Å²) >= 11 is 0. The molecule has 0 unspecified atom stereocenters. The number of rotatable bonds is 4. The Labute approximate surface area is 347 Å². The highest BCUT2D eigenvalue weighted by molar-refractivity contribution is 5.93. The molecule has 7 nitrogen and oxygen atoms in total. The third-order valence-electron chi connectivity index (χ3n) is 12.5. The molecule has 5 heterocycles. The van der Waals surface area contributed by atoms with Gasteiger partial charge in [0, 0.05) is 40.1 Å². The number of para-hydroxylation sites is 4. The summed E-state index contributed by atoms with van der Waals surface area (Å²) in [6.07, 6.45) is 3.71. The topological polar surface area (TPSA) is 76.9 Å². The van der Waals surface area contributed by atoms with Gasteiger partial charge in [-0.15, -0.1) is 0 Å². The molecular formula is C53H36N6O. The van der Waals surface area contributed by atoms with Crippen molar-refractivity contribution in [1.29, 1.82) is 0 Å². The molecule has 1 spiro atoms. The lowest BCUT2D eigenvalue weighted by atomic mass is 9.66. The third kappa shape index (κ3) is 4.74. The van der Waals surface area contributed by atoms with Gasteiger partial charge in [-0.1, -0.05) is 147 Å². The van der Waals surface area contributed by atoms with Crippen molar-refractivity contribution in [3.8, 4) is 57.1 Å². The summed E-state index contributed by atoms with van der Waals surface area (Å²) in [6, 6.07) is 58.9. The van der Waals surface area contributed by atoms with E-state index in [2.05, 4.69) is 116 Å². The zero-order valence-electron chi connectivity index (χ0n) is 32.9. The third-order valence-corrected chi connectivity index (χ3v) is 12.5. The predicted octanol–water partition coefficient (Wildman–Crippen LogP) is 12.2. The Kier molecular flexibility index (Phi) is 7.35. The molecule has 0 N–H and O–H groups in total. The maximum Gasteiger partial charge on any atom is 0.167 e. The van der Waals surface area contributed by atoms with E-state index in [0.717, 1.165) is 73.1 Å². The number of ether oxygens (including phenoxy) is 1. The summed E-state index contributed by atoms with van der Waals surface area (Å²) in [4.78, 5) is 27.9. The Morgan fingerprint density at radius 3 is 1.43 bits per heavy atom. The monoisotopic (exact) mass is 772 g/mol. The SMILES string of the molecule is CC1(C)c2ccccc2N(c2cccc3c2Oc2c(-c4nc(-c5ccccc5)nc(-c5ccccc5)n4)cccc2C32c3cccnc3-c3ncccc32)c2ccccc21. The first-order valence-corrected chi connectivity index (χ1v) is 20.3. The van der Waals surface area contributed by atoms with E-state index in [1.807, 2.05) is 85.2 Å². The Morgan fingerprint density at radius 2 is 0.850 bits per heavy atom. The van der Waals surface area contributed by atoms with Gasteiger partial charge in [-0.3, -0.25) is 9.97 Å². The van der Waals surface area contributed by atoms with Crippen LogP contribution in [0, 0.1) is 0 Å². The molecule has 6 aromatic carbocycles. The molecule has 0 fully saturated rings. The van der Waals surface area contributed by atoms with Crippen LogP contribution in [0.5, 0.6) is 11.5 Å². The van der Waals surface area contributed by atoms with Crippen molar-refractivity contribution < 1.29 is 4.74 Å². The first-order chi connectivity index (χ1) is 29.5. The molecule has 60 heavy (non-hydrogen) atoms. The van der Waals surface area contributed by atoms with Crippen LogP contribution in [0.3, 0.4) is 0 Å². The smallest absolute Gasteiger partial charge is 0.167 e. The largest absolute Gasteiger partial charge is 0.454 e. The second kappa shape index (κ2) is 12.9. The van der Waals surface area contributed by atoms with Gasteiger partial charge in [0.15, 0.2) is 23.2 Å². The van der Waals surface area contributed by atoms with Gasteiger partial charge in [0.1, 0.15) is 5.75 Å². The van der Waals surface area contributed by atoms with Crippen LogP contribution in [0.15, 0.2) is 182 Å². The van der Waals surface area contributed by atoms with E-state index < -0.39 is 5.41 Å². The normalized spacial score (nSPS) is 14.5. The minimum atomic E-state index is -0.840. The summed E-state index contributed by atoms with van der Waals surface area (Å²) in [7, 11) is 0. The minimum Gasteiger partial charge on any atom is -0.454 e. The van der Waals surface area contributed by atoms with Gasteiger partial charge in [0.2, 0.25) is 0 Å². The van der Waals surface area contributed by atoms with Gasteiger partial charge in [0.05, 0.1) is 39.4 Å². The van der Waals surface area contributed by atoms with Crippen molar-refractivity contribution >= 4 is 17.1 Å². The minimum absolute atomic E-state index is 0.230. The van der Waals surface area contributed by atoms with Gasteiger partial charge in [-0.25, -0.2) is 15.0 Å². The van der Waals surface area contributed by atoms with E-state index in [4.69, 9.17) is 29.7 Å². The molecule has 0 amide bonds. The van der Waals surface area contributed by atoms with Crippen LogP contribution in [0.25, 0.3) is 45.6 Å². The van der Waals surface area contributed by atoms with Gasteiger partial charge in [-0.2, -0.15) is 0 Å². The number of anilines is 3. The van der Waals surface area contributed by atoms with Crippen LogP contribution in [0.2, 0.25) is 0 Å². The van der Waals surface area contributed by atoms with Crippen LogP contribution in [0.1, 0.15) is 47.2 Å². The van der Waals surface area contributed by atoms with Crippen molar-refractivity contribution in [2.45, 2.75) is 24.7 Å². The highest BCUT2D eigenvalue weighted by atomic mass is 16.5. The molecule has 0 atom stereocenters. The summed E-state index contributed by atoms with van der Waals surface area (Å²) in [5, 5.41) is 0. The fourth-order valence-electron chi connectivity index (χ4n) is 9.85. The van der Waals surface area contributed by atoms with Gasteiger partial charge >= 0.3 is 0 Å². The van der Waals surface area contributed by atoms with Crippen LogP contribution >= 0.6 is 0 Å². The van der Waals surface area contributed by atoms with Crippen molar-refractivity contribution in [2.75, 3.05) is 4.90 Å².